The lowest BCUT2D eigenvalue weighted by molar-refractivity contribution is -0.141. The number of ether oxygens (including phenoxy) is 2. The van der Waals surface area contributed by atoms with Gasteiger partial charge in [0, 0.05) is 12.1 Å². The van der Waals surface area contributed by atoms with E-state index in [0.717, 1.165) is 11.6 Å². The maximum atomic E-state index is 12.6. The first-order valence-corrected chi connectivity index (χ1v) is 6.19. The number of halogens is 3. The Kier molecular flexibility index (Phi) is 3.32. The number of anilines is 1. The third kappa shape index (κ3) is 2.86. The molecule has 21 heavy (non-hydrogen) atoms. The van der Waals surface area contributed by atoms with Crippen LogP contribution in [0.4, 0.5) is 19.0 Å². The maximum absolute atomic E-state index is 12.6. The molecule has 110 valence electrons. The van der Waals surface area contributed by atoms with E-state index in [0.29, 0.717) is 18.0 Å². The van der Waals surface area contributed by atoms with Crippen LogP contribution in [-0.4, -0.2) is 11.8 Å². The summed E-state index contributed by atoms with van der Waals surface area (Å²) >= 11 is 0. The van der Waals surface area contributed by atoms with Gasteiger partial charge in [-0.15, -0.1) is 0 Å². The zero-order valence-electron chi connectivity index (χ0n) is 10.8. The van der Waals surface area contributed by atoms with E-state index in [4.69, 9.17) is 9.47 Å². The van der Waals surface area contributed by atoms with Gasteiger partial charge in [0.2, 0.25) is 6.79 Å². The number of para-hydroxylation sites is 1. The van der Waals surface area contributed by atoms with Crippen molar-refractivity contribution in [1.29, 1.82) is 0 Å². The number of aromatic nitrogens is 1. The first-order chi connectivity index (χ1) is 10.0. The van der Waals surface area contributed by atoms with Crippen molar-refractivity contribution in [2.45, 2.75) is 12.7 Å². The molecule has 1 aliphatic rings. The highest BCUT2D eigenvalue weighted by Gasteiger charge is 2.32. The highest BCUT2D eigenvalue weighted by Crippen LogP contribution is 2.35. The van der Waals surface area contributed by atoms with Crippen LogP contribution < -0.4 is 14.8 Å². The summed E-state index contributed by atoms with van der Waals surface area (Å²) < 4.78 is 48.3. The van der Waals surface area contributed by atoms with Crippen molar-refractivity contribution >= 4 is 5.82 Å². The summed E-state index contributed by atoms with van der Waals surface area (Å²) in [6.45, 7) is 0.439. The molecule has 4 nitrogen and oxygen atoms in total. The van der Waals surface area contributed by atoms with Gasteiger partial charge in [0.15, 0.2) is 11.5 Å². The van der Waals surface area contributed by atoms with Crippen LogP contribution in [0.3, 0.4) is 0 Å². The van der Waals surface area contributed by atoms with Gasteiger partial charge in [-0.05, 0) is 18.2 Å². The summed E-state index contributed by atoms with van der Waals surface area (Å²) in [6, 6.07) is 9.11. The fraction of sp³-hybridized carbons (Fsp3) is 0.214. The normalized spacial score (nSPS) is 13.3. The molecule has 0 aliphatic carbocycles. The Labute approximate surface area is 118 Å². The highest BCUT2D eigenvalue weighted by molar-refractivity contribution is 5.49. The second kappa shape index (κ2) is 5.16. The fourth-order valence-corrected chi connectivity index (χ4v) is 2.01. The number of fused-ring (bicyclic) bond motifs is 1. The average Bonchev–Trinajstić information content (AvgIpc) is 2.93. The van der Waals surface area contributed by atoms with Gasteiger partial charge in [0.05, 0.1) is 0 Å². The van der Waals surface area contributed by atoms with E-state index in [1.807, 2.05) is 6.07 Å². The second-order valence-corrected chi connectivity index (χ2v) is 4.41. The minimum absolute atomic E-state index is 0.147. The molecule has 0 saturated carbocycles. The Morgan fingerprint density at radius 1 is 1.10 bits per heavy atom. The van der Waals surface area contributed by atoms with Gasteiger partial charge >= 0.3 is 6.18 Å². The van der Waals surface area contributed by atoms with Crippen molar-refractivity contribution in [3.8, 4) is 11.5 Å². The predicted molar refractivity (Wildman–Crippen MR) is 69.1 cm³/mol. The van der Waals surface area contributed by atoms with E-state index >= 15 is 0 Å². The first kappa shape index (κ1) is 13.5. The van der Waals surface area contributed by atoms with E-state index in [1.54, 1.807) is 12.1 Å². The van der Waals surface area contributed by atoms with Crippen LogP contribution in [0.1, 0.15) is 11.3 Å². The van der Waals surface area contributed by atoms with Crippen molar-refractivity contribution in [1.82, 2.24) is 4.98 Å². The van der Waals surface area contributed by atoms with Crippen LogP contribution in [0.5, 0.6) is 11.5 Å². The molecule has 0 radical (unpaired) electrons. The quantitative estimate of drug-likeness (QED) is 0.942. The van der Waals surface area contributed by atoms with Crippen molar-refractivity contribution < 1.29 is 22.6 Å². The maximum Gasteiger partial charge on any atom is 0.433 e. The molecular weight excluding hydrogens is 285 g/mol. The number of rotatable bonds is 3. The molecule has 0 amide bonds. The van der Waals surface area contributed by atoms with Gasteiger partial charge in [0.25, 0.3) is 0 Å². The number of alkyl halides is 3. The van der Waals surface area contributed by atoms with Crippen LogP contribution >= 0.6 is 0 Å². The molecule has 1 aromatic carbocycles. The largest absolute Gasteiger partial charge is 0.454 e. The molecule has 2 heterocycles. The number of nitrogens with one attached hydrogen (secondary N) is 1. The van der Waals surface area contributed by atoms with Gasteiger partial charge in [-0.25, -0.2) is 4.98 Å². The fourth-order valence-electron chi connectivity index (χ4n) is 2.01. The zero-order valence-corrected chi connectivity index (χ0v) is 10.8. The molecule has 0 bridgehead atoms. The van der Waals surface area contributed by atoms with Gasteiger partial charge < -0.3 is 14.8 Å². The molecule has 0 unspecified atom stereocenters. The van der Waals surface area contributed by atoms with E-state index in [-0.39, 0.29) is 12.6 Å². The summed E-state index contributed by atoms with van der Waals surface area (Å²) in [6.07, 6.45) is -4.46. The Morgan fingerprint density at radius 2 is 1.90 bits per heavy atom. The lowest BCUT2D eigenvalue weighted by atomic mass is 10.2. The van der Waals surface area contributed by atoms with Crippen LogP contribution in [0.2, 0.25) is 0 Å². The summed E-state index contributed by atoms with van der Waals surface area (Å²) in [5.41, 5.74) is -0.130. The molecule has 1 aromatic heterocycles. The molecule has 3 rings (SSSR count). The molecule has 0 saturated heterocycles. The molecule has 0 spiro atoms. The summed E-state index contributed by atoms with van der Waals surface area (Å²) in [5, 5.41) is 2.86. The Balaban J connectivity index is 1.76. The Hall–Kier alpha value is -2.44. The first-order valence-electron chi connectivity index (χ1n) is 6.19. The topological polar surface area (TPSA) is 43.4 Å². The average molecular weight is 296 g/mol. The van der Waals surface area contributed by atoms with Crippen molar-refractivity contribution in [2.24, 2.45) is 0 Å². The minimum atomic E-state index is -4.46. The van der Waals surface area contributed by atoms with Crippen molar-refractivity contribution in [3.63, 3.8) is 0 Å². The highest BCUT2D eigenvalue weighted by atomic mass is 19.4. The van der Waals surface area contributed by atoms with Crippen molar-refractivity contribution in [2.75, 3.05) is 12.1 Å². The predicted octanol–water partition coefficient (Wildman–Crippen LogP) is 3.44. The molecule has 1 N–H and O–H groups in total. The Morgan fingerprint density at radius 3 is 2.71 bits per heavy atom. The van der Waals surface area contributed by atoms with E-state index in [1.165, 1.54) is 12.1 Å². The van der Waals surface area contributed by atoms with Gasteiger partial charge in [-0.1, -0.05) is 18.2 Å². The number of hydrogen-bond donors (Lipinski definition) is 1. The molecular formula is C14H11F3N2O2. The SMILES string of the molecule is FC(F)(F)c1cccc(NCc2cccc3c2OCO3)n1. The summed E-state index contributed by atoms with van der Waals surface area (Å²) in [5.74, 6) is 1.39. The molecule has 1 aliphatic heterocycles. The van der Waals surface area contributed by atoms with Crippen LogP contribution in [0, 0.1) is 0 Å². The zero-order chi connectivity index (χ0) is 14.9. The summed E-state index contributed by atoms with van der Waals surface area (Å²) in [7, 11) is 0. The molecule has 7 heteroatoms. The van der Waals surface area contributed by atoms with Crippen LogP contribution in [0.25, 0.3) is 0 Å². The minimum Gasteiger partial charge on any atom is -0.454 e. The van der Waals surface area contributed by atoms with Crippen LogP contribution in [0.15, 0.2) is 36.4 Å². The lowest BCUT2D eigenvalue weighted by Gasteiger charge is -2.10. The van der Waals surface area contributed by atoms with E-state index in [2.05, 4.69) is 10.3 Å². The van der Waals surface area contributed by atoms with Crippen molar-refractivity contribution in [3.05, 3.63) is 47.7 Å². The number of pyridine rings is 1. The van der Waals surface area contributed by atoms with E-state index < -0.39 is 11.9 Å². The Bertz CT molecular complexity index is 659. The van der Waals surface area contributed by atoms with Gasteiger partial charge in [0.1, 0.15) is 11.5 Å². The summed E-state index contributed by atoms with van der Waals surface area (Å²) in [4.78, 5) is 3.54. The number of hydrogen-bond acceptors (Lipinski definition) is 4. The van der Waals surface area contributed by atoms with Gasteiger partial charge in [-0.2, -0.15) is 13.2 Å². The third-order valence-electron chi connectivity index (χ3n) is 2.98. The molecule has 0 fully saturated rings. The third-order valence-corrected chi connectivity index (χ3v) is 2.98. The lowest BCUT2D eigenvalue weighted by Crippen LogP contribution is -2.10. The van der Waals surface area contributed by atoms with Gasteiger partial charge in [-0.3, -0.25) is 0 Å². The molecule has 0 atom stereocenters. The number of nitrogens with zero attached hydrogens (tertiary/aromatic N) is 1. The standard InChI is InChI=1S/C14H11F3N2O2/c15-14(16,17)11-5-2-6-12(19-11)18-7-9-3-1-4-10-13(9)21-8-20-10/h1-6H,7-8H2,(H,18,19). The monoisotopic (exact) mass is 296 g/mol. The second-order valence-electron chi connectivity index (χ2n) is 4.41. The van der Waals surface area contributed by atoms with Crippen LogP contribution in [-0.2, 0) is 12.7 Å². The number of benzene rings is 1. The smallest absolute Gasteiger partial charge is 0.433 e. The molecule has 2 aromatic rings. The van der Waals surface area contributed by atoms with E-state index in [9.17, 15) is 13.2 Å².